The summed E-state index contributed by atoms with van der Waals surface area (Å²) in [6, 6.07) is 6.86. The van der Waals surface area contributed by atoms with E-state index in [1.54, 1.807) is 29.3 Å². The lowest BCUT2D eigenvalue weighted by molar-refractivity contribution is 0.495. The van der Waals surface area contributed by atoms with Crippen molar-refractivity contribution in [2.24, 2.45) is 0 Å². The van der Waals surface area contributed by atoms with Crippen LogP contribution in [0.25, 0.3) is 0 Å². The highest BCUT2D eigenvalue weighted by Crippen LogP contribution is 2.22. The van der Waals surface area contributed by atoms with Gasteiger partial charge in [0.1, 0.15) is 0 Å². The van der Waals surface area contributed by atoms with E-state index in [9.17, 15) is 8.42 Å². The van der Waals surface area contributed by atoms with Crippen molar-refractivity contribution >= 4 is 15.7 Å². The van der Waals surface area contributed by atoms with E-state index >= 15 is 0 Å². The average Bonchev–Trinajstić information content (AvgIpc) is 3.01. The molecule has 17 heavy (non-hydrogen) atoms. The largest absolute Gasteiger partial charge is 0.319 e. The fourth-order valence-electron chi connectivity index (χ4n) is 1.46. The highest BCUT2D eigenvalue weighted by molar-refractivity contribution is 7.89. The fraction of sp³-hybridized carbons (Fsp3) is 0.455. The lowest BCUT2D eigenvalue weighted by Gasteiger charge is -2.13. The van der Waals surface area contributed by atoms with Gasteiger partial charge in [0, 0.05) is 25.8 Å². The molecule has 0 aromatic heterocycles. The van der Waals surface area contributed by atoms with Crippen LogP contribution in [0.1, 0.15) is 12.8 Å². The second-order valence-corrected chi connectivity index (χ2v) is 6.14. The van der Waals surface area contributed by atoms with Crippen molar-refractivity contribution in [1.82, 2.24) is 9.73 Å². The Morgan fingerprint density at radius 3 is 2.24 bits per heavy atom. The molecule has 0 radical (unpaired) electrons. The van der Waals surface area contributed by atoms with Crippen molar-refractivity contribution in [3.05, 3.63) is 24.3 Å². The van der Waals surface area contributed by atoms with E-state index in [1.165, 1.54) is 0 Å². The van der Waals surface area contributed by atoms with Gasteiger partial charge in [0.15, 0.2) is 0 Å². The Morgan fingerprint density at radius 2 is 1.76 bits per heavy atom. The van der Waals surface area contributed by atoms with Crippen LogP contribution in [0.15, 0.2) is 29.2 Å². The molecule has 1 saturated carbocycles. The SMILES string of the molecule is CN(C)Nc1ccc(S(=O)(=O)NC2CC2)cc1. The highest BCUT2D eigenvalue weighted by atomic mass is 32.2. The van der Waals surface area contributed by atoms with Gasteiger partial charge in [-0.05, 0) is 37.1 Å². The summed E-state index contributed by atoms with van der Waals surface area (Å²) >= 11 is 0. The van der Waals surface area contributed by atoms with Gasteiger partial charge in [0.25, 0.3) is 0 Å². The average molecular weight is 255 g/mol. The van der Waals surface area contributed by atoms with E-state index < -0.39 is 10.0 Å². The van der Waals surface area contributed by atoms with Gasteiger partial charge in [-0.15, -0.1) is 0 Å². The molecule has 94 valence electrons. The van der Waals surface area contributed by atoms with Crippen LogP contribution in [-0.2, 0) is 10.0 Å². The number of rotatable bonds is 5. The Hall–Kier alpha value is -1.11. The van der Waals surface area contributed by atoms with Crippen molar-refractivity contribution in [3.63, 3.8) is 0 Å². The molecule has 5 nitrogen and oxygen atoms in total. The van der Waals surface area contributed by atoms with Gasteiger partial charge in [-0.25, -0.2) is 18.1 Å². The maximum atomic E-state index is 11.9. The molecule has 0 heterocycles. The van der Waals surface area contributed by atoms with Crippen LogP contribution in [0.5, 0.6) is 0 Å². The zero-order chi connectivity index (χ0) is 12.5. The monoisotopic (exact) mass is 255 g/mol. The minimum atomic E-state index is -3.33. The summed E-state index contributed by atoms with van der Waals surface area (Å²) in [6.45, 7) is 0. The molecule has 6 heteroatoms. The normalized spacial score (nSPS) is 16.2. The van der Waals surface area contributed by atoms with E-state index in [0.717, 1.165) is 18.5 Å². The van der Waals surface area contributed by atoms with Crippen molar-refractivity contribution in [3.8, 4) is 0 Å². The lowest BCUT2D eigenvalue weighted by atomic mass is 10.3. The van der Waals surface area contributed by atoms with E-state index in [2.05, 4.69) is 10.1 Å². The molecular formula is C11H17N3O2S. The molecule has 0 aliphatic heterocycles. The molecule has 0 unspecified atom stereocenters. The van der Waals surface area contributed by atoms with Crippen LogP contribution < -0.4 is 10.1 Å². The predicted molar refractivity (Wildman–Crippen MR) is 67.1 cm³/mol. The van der Waals surface area contributed by atoms with Gasteiger partial charge in [-0.2, -0.15) is 0 Å². The topological polar surface area (TPSA) is 61.4 Å². The van der Waals surface area contributed by atoms with Crippen LogP contribution in [0, 0.1) is 0 Å². The summed E-state index contributed by atoms with van der Waals surface area (Å²) in [5.41, 5.74) is 3.92. The minimum Gasteiger partial charge on any atom is -0.319 e. The van der Waals surface area contributed by atoms with Gasteiger partial charge >= 0.3 is 0 Å². The predicted octanol–water partition coefficient (Wildman–Crippen LogP) is 1.02. The first kappa shape index (κ1) is 12.3. The molecule has 1 fully saturated rings. The molecule has 2 rings (SSSR count). The molecule has 2 N–H and O–H groups in total. The smallest absolute Gasteiger partial charge is 0.240 e. The van der Waals surface area contributed by atoms with Gasteiger partial charge in [0.05, 0.1) is 4.90 Å². The fourth-order valence-corrected chi connectivity index (χ4v) is 2.76. The summed E-state index contributed by atoms with van der Waals surface area (Å²) in [4.78, 5) is 0.314. The summed E-state index contributed by atoms with van der Waals surface area (Å²) in [5, 5.41) is 1.80. The highest BCUT2D eigenvalue weighted by Gasteiger charge is 2.27. The zero-order valence-electron chi connectivity index (χ0n) is 9.97. The number of hydrogen-bond donors (Lipinski definition) is 2. The number of hydrogen-bond acceptors (Lipinski definition) is 4. The number of nitrogens with zero attached hydrogens (tertiary/aromatic N) is 1. The molecule has 1 aliphatic rings. The van der Waals surface area contributed by atoms with Crippen LogP contribution in [0.4, 0.5) is 5.69 Å². The first-order valence-corrected chi connectivity index (χ1v) is 7.02. The third kappa shape index (κ3) is 3.42. The number of nitrogens with one attached hydrogen (secondary N) is 2. The van der Waals surface area contributed by atoms with Gasteiger partial charge < -0.3 is 5.43 Å². The van der Waals surface area contributed by atoms with Crippen molar-refractivity contribution in [1.29, 1.82) is 0 Å². The molecule has 0 saturated heterocycles. The quantitative estimate of drug-likeness (QED) is 0.771. The van der Waals surface area contributed by atoms with Crippen LogP contribution >= 0.6 is 0 Å². The van der Waals surface area contributed by atoms with E-state index in [-0.39, 0.29) is 6.04 Å². The maximum Gasteiger partial charge on any atom is 0.240 e. The molecule has 1 aromatic carbocycles. The van der Waals surface area contributed by atoms with Crippen molar-refractivity contribution in [2.45, 2.75) is 23.8 Å². The number of benzene rings is 1. The molecule has 1 aliphatic carbocycles. The Morgan fingerprint density at radius 1 is 1.18 bits per heavy atom. The summed E-state index contributed by atoms with van der Waals surface area (Å²) < 4.78 is 26.4. The van der Waals surface area contributed by atoms with E-state index in [0.29, 0.717) is 4.90 Å². The third-order valence-electron chi connectivity index (χ3n) is 2.42. The minimum absolute atomic E-state index is 0.138. The second-order valence-electron chi connectivity index (χ2n) is 4.43. The zero-order valence-corrected chi connectivity index (χ0v) is 10.8. The summed E-state index contributed by atoms with van der Waals surface area (Å²) in [6.07, 6.45) is 1.89. The Balaban J connectivity index is 2.11. The van der Waals surface area contributed by atoms with Crippen molar-refractivity contribution < 1.29 is 8.42 Å². The van der Waals surface area contributed by atoms with Gasteiger partial charge in [-0.1, -0.05) is 0 Å². The summed E-state index contributed by atoms with van der Waals surface area (Å²) in [7, 11) is 0.415. The maximum absolute atomic E-state index is 11.9. The lowest BCUT2D eigenvalue weighted by Crippen LogP contribution is -2.25. The van der Waals surface area contributed by atoms with Gasteiger partial charge in [0.2, 0.25) is 10.0 Å². The molecule has 1 aromatic rings. The first-order chi connectivity index (χ1) is 7.97. The molecule has 0 bridgehead atoms. The Labute approximate surface area is 102 Å². The second kappa shape index (κ2) is 4.64. The molecule has 0 amide bonds. The summed E-state index contributed by atoms with van der Waals surface area (Å²) in [5.74, 6) is 0. The Kier molecular flexibility index (Phi) is 3.37. The third-order valence-corrected chi connectivity index (χ3v) is 3.95. The van der Waals surface area contributed by atoms with Gasteiger partial charge in [-0.3, -0.25) is 0 Å². The van der Waals surface area contributed by atoms with Crippen LogP contribution in [0.2, 0.25) is 0 Å². The van der Waals surface area contributed by atoms with E-state index in [4.69, 9.17) is 0 Å². The molecule has 0 spiro atoms. The standard InChI is InChI=1S/C11H17N3O2S/c1-14(2)12-9-5-7-11(8-6-9)17(15,16)13-10-3-4-10/h5-8,10,12-13H,3-4H2,1-2H3. The molecular weight excluding hydrogens is 238 g/mol. The number of anilines is 1. The van der Waals surface area contributed by atoms with Crippen LogP contribution in [-0.4, -0.2) is 33.6 Å². The first-order valence-electron chi connectivity index (χ1n) is 5.54. The van der Waals surface area contributed by atoms with Crippen LogP contribution in [0.3, 0.4) is 0 Å². The Bertz CT molecular complexity index is 478. The number of sulfonamides is 1. The van der Waals surface area contributed by atoms with E-state index in [1.807, 2.05) is 14.1 Å². The van der Waals surface area contributed by atoms with Crippen molar-refractivity contribution in [2.75, 3.05) is 19.5 Å². The number of hydrazine groups is 1. The molecule has 0 atom stereocenters.